The van der Waals surface area contributed by atoms with Crippen molar-refractivity contribution in [2.45, 2.75) is 52.7 Å². The van der Waals surface area contributed by atoms with Gasteiger partial charge in [-0.3, -0.25) is 0 Å². The molecule has 0 aliphatic rings. The summed E-state index contributed by atoms with van der Waals surface area (Å²) in [6.45, 7) is 11.2. The number of ether oxygens (including phenoxy) is 1. The first-order valence-corrected chi connectivity index (χ1v) is 9.68. The Bertz CT molecular complexity index is 202. The highest BCUT2D eigenvalue weighted by atomic mass is 28.4. The lowest BCUT2D eigenvalue weighted by atomic mass is 10.3. The van der Waals surface area contributed by atoms with E-state index in [2.05, 4.69) is 12.2 Å². The fourth-order valence-corrected chi connectivity index (χ4v) is 4.85. The molecule has 0 aromatic carbocycles. The molecule has 0 rings (SSSR count). The molecule has 0 saturated heterocycles. The second kappa shape index (κ2) is 12.7. The van der Waals surface area contributed by atoms with Crippen LogP contribution in [-0.2, 0) is 18.0 Å². The lowest BCUT2D eigenvalue weighted by molar-refractivity contribution is -0.00979. The van der Waals surface area contributed by atoms with E-state index < -0.39 is 8.80 Å². The van der Waals surface area contributed by atoms with Crippen molar-refractivity contribution in [1.29, 1.82) is 0 Å². The van der Waals surface area contributed by atoms with E-state index >= 15 is 0 Å². The molecule has 0 amide bonds. The molecule has 0 aromatic rings. The number of hydrogen-bond acceptors (Lipinski definition) is 5. The number of unbranched alkanes of at least 4 members (excludes halogenated alkanes) is 2. The summed E-state index contributed by atoms with van der Waals surface area (Å²) in [7, 11) is -0.883. The van der Waals surface area contributed by atoms with E-state index in [0.29, 0.717) is 26.4 Å². The summed E-state index contributed by atoms with van der Waals surface area (Å²) in [5.74, 6) is 0. The summed E-state index contributed by atoms with van der Waals surface area (Å²) in [5.41, 5.74) is -0.149. The van der Waals surface area contributed by atoms with Crippen molar-refractivity contribution in [3.8, 4) is 0 Å². The molecule has 1 N–H and O–H groups in total. The summed E-state index contributed by atoms with van der Waals surface area (Å²) in [6, 6.07) is 0. The summed E-state index contributed by atoms with van der Waals surface area (Å²) in [6.07, 6.45) is 3.43. The zero-order valence-corrected chi connectivity index (χ0v) is 14.9. The topological polar surface area (TPSA) is 49.0 Å². The lowest BCUT2D eigenvalue weighted by Gasteiger charge is -2.35. The molecule has 0 aliphatic heterocycles. The minimum absolute atomic E-state index is 0.149. The predicted molar refractivity (Wildman–Crippen MR) is 83.8 cm³/mol. The van der Waals surface area contributed by atoms with Gasteiger partial charge in [-0.15, -0.1) is 0 Å². The van der Waals surface area contributed by atoms with Crippen molar-refractivity contribution in [3.63, 3.8) is 0 Å². The molecule has 0 bridgehead atoms. The molecule has 0 saturated carbocycles. The maximum atomic E-state index is 6.03. The molecule has 1 unspecified atom stereocenters. The fraction of sp³-hybridized carbons (Fsp3) is 1.00. The first-order valence-electron chi connectivity index (χ1n) is 7.88. The summed E-state index contributed by atoms with van der Waals surface area (Å²) < 4.78 is 23.8. The molecule has 0 aliphatic carbocycles. The number of likely N-dealkylation sites (N-methyl/N-ethyl adjacent to an activating group) is 1. The van der Waals surface area contributed by atoms with Gasteiger partial charge in [0.05, 0.1) is 0 Å². The summed E-state index contributed by atoms with van der Waals surface area (Å²) in [4.78, 5) is 0. The second-order valence-electron chi connectivity index (χ2n) is 4.53. The summed E-state index contributed by atoms with van der Waals surface area (Å²) >= 11 is 0. The van der Waals surface area contributed by atoms with Crippen molar-refractivity contribution < 1.29 is 18.0 Å². The SMILES string of the molecule is CCCCCOC(CNC)[Si](OCC)(OCC)OCC. The van der Waals surface area contributed by atoms with Gasteiger partial charge in [0.1, 0.15) is 5.73 Å². The second-order valence-corrected chi connectivity index (χ2v) is 7.24. The van der Waals surface area contributed by atoms with Crippen LogP contribution in [0.4, 0.5) is 0 Å². The Balaban J connectivity index is 4.77. The van der Waals surface area contributed by atoms with E-state index in [-0.39, 0.29) is 5.73 Å². The Kier molecular flexibility index (Phi) is 12.7. The molecule has 0 radical (unpaired) electrons. The van der Waals surface area contributed by atoms with E-state index in [9.17, 15) is 0 Å². The maximum absolute atomic E-state index is 6.03. The van der Waals surface area contributed by atoms with Gasteiger partial charge in [-0.2, -0.15) is 0 Å². The first kappa shape index (κ1) is 20.0. The van der Waals surface area contributed by atoms with Crippen LogP contribution in [0.3, 0.4) is 0 Å². The molecule has 122 valence electrons. The molecule has 0 fully saturated rings. The minimum atomic E-state index is -2.79. The molecule has 0 aromatic heterocycles. The van der Waals surface area contributed by atoms with Gasteiger partial charge in [-0.1, -0.05) is 19.8 Å². The Morgan fingerprint density at radius 2 is 1.45 bits per heavy atom. The van der Waals surface area contributed by atoms with Gasteiger partial charge in [0.15, 0.2) is 0 Å². The van der Waals surface area contributed by atoms with E-state index in [0.717, 1.165) is 13.0 Å². The van der Waals surface area contributed by atoms with E-state index in [1.165, 1.54) is 12.8 Å². The van der Waals surface area contributed by atoms with Crippen LogP contribution >= 0.6 is 0 Å². The van der Waals surface area contributed by atoms with Gasteiger partial charge in [0.25, 0.3) is 0 Å². The van der Waals surface area contributed by atoms with Gasteiger partial charge < -0.3 is 23.3 Å². The molecule has 0 spiro atoms. The summed E-state index contributed by atoms with van der Waals surface area (Å²) in [5, 5.41) is 3.16. The Morgan fingerprint density at radius 1 is 0.900 bits per heavy atom. The van der Waals surface area contributed by atoms with Crippen LogP contribution in [0, 0.1) is 0 Å². The van der Waals surface area contributed by atoms with Crippen LogP contribution in [-0.4, -0.2) is 54.6 Å². The van der Waals surface area contributed by atoms with Crippen LogP contribution in [0.1, 0.15) is 47.0 Å². The molecular weight excluding hydrogens is 274 g/mol. The largest absolute Gasteiger partial charge is 0.532 e. The standard InChI is InChI=1S/C14H33NO4Si/c1-6-10-11-12-16-14(13-15-5)20(17-7-2,18-8-3)19-9-4/h14-15H,6-13H2,1-5H3. The molecule has 20 heavy (non-hydrogen) atoms. The van der Waals surface area contributed by atoms with Crippen molar-refractivity contribution in [2.75, 3.05) is 40.0 Å². The maximum Gasteiger partial charge on any atom is 0.532 e. The van der Waals surface area contributed by atoms with Gasteiger partial charge in [0.2, 0.25) is 0 Å². The van der Waals surface area contributed by atoms with E-state index in [1.54, 1.807) is 0 Å². The normalized spacial score (nSPS) is 13.7. The predicted octanol–water partition coefficient (Wildman–Crippen LogP) is 2.37. The van der Waals surface area contributed by atoms with E-state index in [4.69, 9.17) is 18.0 Å². The number of hydrogen-bond donors (Lipinski definition) is 1. The molecule has 0 heterocycles. The van der Waals surface area contributed by atoms with Crippen molar-refractivity contribution >= 4 is 8.80 Å². The smallest absolute Gasteiger partial charge is 0.372 e. The lowest BCUT2D eigenvalue weighted by Crippen LogP contribution is -2.60. The Morgan fingerprint density at radius 3 is 1.85 bits per heavy atom. The molecule has 5 nitrogen and oxygen atoms in total. The third kappa shape index (κ3) is 7.15. The minimum Gasteiger partial charge on any atom is -0.372 e. The van der Waals surface area contributed by atoms with Crippen LogP contribution < -0.4 is 5.32 Å². The molecule has 6 heteroatoms. The number of rotatable bonds is 14. The van der Waals surface area contributed by atoms with E-state index in [1.807, 2.05) is 27.8 Å². The highest BCUT2D eigenvalue weighted by Gasteiger charge is 2.50. The molecule has 1 atom stereocenters. The van der Waals surface area contributed by atoms with Crippen LogP contribution in [0.25, 0.3) is 0 Å². The highest BCUT2D eigenvalue weighted by molar-refractivity contribution is 6.62. The fourth-order valence-electron chi connectivity index (χ4n) is 2.06. The number of nitrogens with one attached hydrogen (secondary N) is 1. The van der Waals surface area contributed by atoms with Crippen molar-refractivity contribution in [2.24, 2.45) is 0 Å². The zero-order valence-electron chi connectivity index (χ0n) is 13.9. The Labute approximate surface area is 125 Å². The Hall–Kier alpha value is 0.0169. The van der Waals surface area contributed by atoms with Gasteiger partial charge >= 0.3 is 8.80 Å². The monoisotopic (exact) mass is 307 g/mol. The van der Waals surface area contributed by atoms with Crippen molar-refractivity contribution in [1.82, 2.24) is 5.32 Å². The average molecular weight is 308 g/mol. The van der Waals surface area contributed by atoms with Crippen LogP contribution in [0.2, 0.25) is 0 Å². The first-order chi connectivity index (χ1) is 9.70. The van der Waals surface area contributed by atoms with Gasteiger partial charge in [0, 0.05) is 33.0 Å². The van der Waals surface area contributed by atoms with Gasteiger partial charge in [-0.05, 0) is 34.2 Å². The van der Waals surface area contributed by atoms with Crippen molar-refractivity contribution in [3.05, 3.63) is 0 Å². The van der Waals surface area contributed by atoms with Crippen LogP contribution in [0.5, 0.6) is 0 Å². The highest BCUT2D eigenvalue weighted by Crippen LogP contribution is 2.18. The average Bonchev–Trinajstić information content (AvgIpc) is 2.43. The zero-order chi connectivity index (χ0) is 15.3. The van der Waals surface area contributed by atoms with Gasteiger partial charge in [-0.25, -0.2) is 0 Å². The quantitative estimate of drug-likeness (QED) is 0.394. The van der Waals surface area contributed by atoms with Crippen LogP contribution in [0.15, 0.2) is 0 Å². The third-order valence-electron chi connectivity index (χ3n) is 2.89. The molecular formula is C14H33NO4Si. The third-order valence-corrected chi connectivity index (χ3v) is 6.12.